The van der Waals surface area contributed by atoms with Gasteiger partial charge in [0.05, 0.1) is 31.8 Å². The zero-order chi connectivity index (χ0) is 35.6. The molecule has 16 heteroatoms. The molecule has 1 aromatic rings. The molecule has 0 saturated carbocycles. The van der Waals surface area contributed by atoms with Gasteiger partial charge in [-0.15, -0.1) is 0 Å². The van der Waals surface area contributed by atoms with E-state index in [0.29, 0.717) is 31.2 Å². The number of nitrogens with zero attached hydrogens (tertiary/aromatic N) is 1. The molecule has 264 valence electrons. The van der Waals surface area contributed by atoms with E-state index in [1.54, 1.807) is 20.8 Å². The number of esters is 1. The molecule has 0 fully saturated rings. The van der Waals surface area contributed by atoms with E-state index in [9.17, 15) is 34.1 Å². The number of carbonyl (C=O) groups excluding carboxylic acids is 5. The van der Waals surface area contributed by atoms with Crippen molar-refractivity contribution >= 4 is 47.1 Å². The Balaban J connectivity index is 2.66. The van der Waals surface area contributed by atoms with E-state index in [0.717, 1.165) is 11.8 Å². The molecule has 0 spiro atoms. The van der Waals surface area contributed by atoms with Crippen molar-refractivity contribution in [2.75, 3.05) is 39.7 Å². The molecular formula is C31H48N4O11S. The Labute approximate surface area is 279 Å². The summed E-state index contributed by atoms with van der Waals surface area (Å²) in [6.45, 7) is 9.00. The summed E-state index contributed by atoms with van der Waals surface area (Å²) in [7, 11) is 2.57. The number of ether oxygens (including phenoxy) is 4. The lowest BCUT2D eigenvalue weighted by molar-refractivity contribution is -0.385. The first-order chi connectivity index (χ1) is 22.1. The Bertz CT molecular complexity index is 1240. The van der Waals surface area contributed by atoms with Crippen molar-refractivity contribution in [3.8, 4) is 11.5 Å². The van der Waals surface area contributed by atoms with Gasteiger partial charge in [-0.05, 0) is 53.0 Å². The molecule has 0 aliphatic heterocycles. The molecule has 1 rings (SSSR count). The van der Waals surface area contributed by atoms with Crippen molar-refractivity contribution in [2.24, 2.45) is 5.92 Å². The topological polar surface area (TPSA) is 201 Å². The van der Waals surface area contributed by atoms with Gasteiger partial charge < -0.3 is 39.7 Å². The molecule has 15 nitrogen and oxygen atoms in total. The van der Waals surface area contributed by atoms with Crippen molar-refractivity contribution in [3.63, 3.8) is 0 Å². The van der Waals surface area contributed by atoms with Gasteiger partial charge in [0.1, 0.15) is 17.4 Å². The fourth-order valence-electron chi connectivity index (χ4n) is 4.13. The third-order valence-corrected chi connectivity index (χ3v) is 7.63. The van der Waals surface area contributed by atoms with Crippen molar-refractivity contribution < 1.29 is 47.8 Å². The summed E-state index contributed by atoms with van der Waals surface area (Å²) in [5.74, 6) is -0.765. The summed E-state index contributed by atoms with van der Waals surface area (Å²) in [5, 5.41) is 19.8. The van der Waals surface area contributed by atoms with E-state index in [1.165, 1.54) is 33.3 Å². The number of nitro groups is 1. The van der Waals surface area contributed by atoms with Crippen LogP contribution in [-0.4, -0.2) is 85.9 Å². The number of hydrogen-bond acceptors (Lipinski definition) is 12. The lowest BCUT2D eigenvalue weighted by atomic mass is 9.98. The monoisotopic (exact) mass is 684 g/mol. The number of nitro benzene ring substituents is 1. The lowest BCUT2D eigenvalue weighted by Crippen LogP contribution is -2.45. The van der Waals surface area contributed by atoms with Crippen LogP contribution >= 0.6 is 11.8 Å². The maximum atomic E-state index is 12.3. The van der Waals surface area contributed by atoms with Crippen LogP contribution in [0.25, 0.3) is 0 Å². The van der Waals surface area contributed by atoms with Gasteiger partial charge in [0.15, 0.2) is 11.5 Å². The van der Waals surface area contributed by atoms with Gasteiger partial charge >= 0.3 is 12.1 Å². The lowest BCUT2D eigenvalue weighted by Gasteiger charge is -2.22. The SMILES string of the molecule is CCC(CCC(C)=O)C(=O)NCCNC(=O)CCCOc1cc([N+](=O)[O-])c(CSCC(NC(=O)OC(C)(C)C)C(=O)OC)cc1OC. The summed E-state index contributed by atoms with van der Waals surface area (Å²) in [4.78, 5) is 71.3. The molecule has 47 heavy (non-hydrogen) atoms. The summed E-state index contributed by atoms with van der Waals surface area (Å²) in [6.07, 6.45) is 1.10. The Kier molecular flexibility index (Phi) is 18.2. The number of hydrogen-bond donors (Lipinski definition) is 3. The van der Waals surface area contributed by atoms with E-state index < -0.39 is 28.6 Å². The van der Waals surface area contributed by atoms with Gasteiger partial charge in [0, 0.05) is 48.9 Å². The Morgan fingerprint density at radius 1 is 1.02 bits per heavy atom. The van der Waals surface area contributed by atoms with Crippen LogP contribution in [0.5, 0.6) is 11.5 Å². The number of methoxy groups -OCH3 is 2. The minimum absolute atomic E-state index is 0.0369. The van der Waals surface area contributed by atoms with Gasteiger partial charge in [-0.25, -0.2) is 9.59 Å². The molecule has 0 aromatic heterocycles. The Hall–Kier alpha value is -4.08. The number of ketones is 1. The number of Topliss-reactive ketones (excluding diaryl/α,β-unsaturated/α-hetero) is 1. The number of carbonyl (C=O) groups is 5. The maximum absolute atomic E-state index is 12.3. The van der Waals surface area contributed by atoms with Crippen LogP contribution in [0.1, 0.15) is 72.3 Å². The standard InChI is InChI=1S/C31H48N4O11S/c1-8-21(12-11-20(2)36)28(38)33-14-13-32-27(37)10-9-15-45-26-17-24(35(41)42)22(16-25(26)43-6)18-47-19-23(29(39)44-7)34-30(40)46-31(3,4)5/h16-17,21,23H,8-15,18-19H2,1-7H3,(H,32,37)(H,33,38)(H,34,40). The highest BCUT2D eigenvalue weighted by Crippen LogP contribution is 2.36. The molecule has 1 aromatic carbocycles. The zero-order valence-corrected chi connectivity index (χ0v) is 29.0. The third-order valence-electron chi connectivity index (χ3n) is 6.54. The molecule has 0 radical (unpaired) electrons. The molecule has 3 N–H and O–H groups in total. The smallest absolute Gasteiger partial charge is 0.408 e. The maximum Gasteiger partial charge on any atom is 0.408 e. The van der Waals surface area contributed by atoms with E-state index >= 15 is 0 Å². The number of alkyl carbamates (subject to hydrolysis) is 1. The highest BCUT2D eigenvalue weighted by molar-refractivity contribution is 7.98. The minimum Gasteiger partial charge on any atom is -0.493 e. The number of nitrogens with one attached hydrogen (secondary N) is 3. The van der Waals surface area contributed by atoms with Crippen molar-refractivity contribution in [3.05, 3.63) is 27.8 Å². The molecule has 0 bridgehead atoms. The molecular weight excluding hydrogens is 636 g/mol. The molecule has 2 unspecified atom stereocenters. The van der Waals surface area contributed by atoms with Crippen LogP contribution < -0.4 is 25.4 Å². The van der Waals surface area contributed by atoms with Crippen LogP contribution in [-0.2, 0) is 34.4 Å². The van der Waals surface area contributed by atoms with Crippen LogP contribution in [0.3, 0.4) is 0 Å². The summed E-state index contributed by atoms with van der Waals surface area (Å²) >= 11 is 1.16. The second-order valence-corrected chi connectivity index (χ2v) is 12.6. The average Bonchev–Trinajstić information content (AvgIpc) is 2.99. The fraction of sp³-hybridized carbons (Fsp3) is 0.645. The minimum atomic E-state index is -1.05. The largest absolute Gasteiger partial charge is 0.493 e. The molecule has 0 aliphatic carbocycles. The molecule has 2 atom stereocenters. The summed E-state index contributed by atoms with van der Waals surface area (Å²) in [6, 6.07) is 1.67. The van der Waals surface area contributed by atoms with Crippen molar-refractivity contribution in [1.29, 1.82) is 0 Å². The average molecular weight is 685 g/mol. The zero-order valence-electron chi connectivity index (χ0n) is 28.2. The highest BCUT2D eigenvalue weighted by Gasteiger charge is 2.26. The molecule has 0 saturated heterocycles. The van der Waals surface area contributed by atoms with Gasteiger partial charge in [-0.1, -0.05) is 6.92 Å². The molecule has 3 amide bonds. The van der Waals surface area contributed by atoms with E-state index in [2.05, 4.69) is 16.0 Å². The van der Waals surface area contributed by atoms with Gasteiger partial charge in [-0.2, -0.15) is 11.8 Å². The van der Waals surface area contributed by atoms with Gasteiger partial charge in [0.2, 0.25) is 11.8 Å². The second-order valence-electron chi connectivity index (χ2n) is 11.6. The first-order valence-corrected chi connectivity index (χ1v) is 16.4. The predicted molar refractivity (Wildman–Crippen MR) is 175 cm³/mol. The van der Waals surface area contributed by atoms with Crippen LogP contribution in [0, 0.1) is 16.0 Å². The number of thioether (sulfide) groups is 1. The van der Waals surface area contributed by atoms with Crippen LogP contribution in [0.4, 0.5) is 10.5 Å². The van der Waals surface area contributed by atoms with Crippen LogP contribution in [0.2, 0.25) is 0 Å². The number of amides is 3. The normalized spacial score (nSPS) is 12.2. The van der Waals surface area contributed by atoms with E-state index in [4.69, 9.17) is 18.9 Å². The van der Waals surface area contributed by atoms with E-state index in [1.807, 2.05) is 6.92 Å². The number of benzene rings is 1. The number of rotatable bonds is 21. The van der Waals surface area contributed by atoms with Crippen LogP contribution in [0.15, 0.2) is 12.1 Å². The Morgan fingerprint density at radius 2 is 1.70 bits per heavy atom. The third kappa shape index (κ3) is 16.4. The second kappa shape index (κ2) is 20.9. The summed E-state index contributed by atoms with van der Waals surface area (Å²) < 4.78 is 21.1. The first-order valence-electron chi connectivity index (χ1n) is 15.3. The highest BCUT2D eigenvalue weighted by atomic mass is 32.2. The Morgan fingerprint density at radius 3 is 2.28 bits per heavy atom. The van der Waals surface area contributed by atoms with Crippen molar-refractivity contribution in [2.45, 2.75) is 84.1 Å². The quantitative estimate of drug-likeness (QED) is 0.0735. The van der Waals surface area contributed by atoms with Crippen molar-refractivity contribution in [1.82, 2.24) is 16.0 Å². The van der Waals surface area contributed by atoms with Gasteiger partial charge in [-0.3, -0.25) is 19.7 Å². The predicted octanol–water partition coefficient (Wildman–Crippen LogP) is 3.69. The first kappa shape index (κ1) is 40.9. The molecule has 0 heterocycles. The van der Waals surface area contributed by atoms with E-state index in [-0.39, 0.29) is 78.3 Å². The fourth-order valence-corrected chi connectivity index (χ4v) is 5.15. The van der Waals surface area contributed by atoms with Gasteiger partial charge in [0.25, 0.3) is 5.69 Å². The molecule has 0 aliphatic rings. The summed E-state index contributed by atoms with van der Waals surface area (Å²) in [5.41, 5.74) is -0.696.